The Morgan fingerprint density at radius 1 is 0.293 bits per heavy atom. The number of hydrogen-bond acceptors (Lipinski definition) is 33. The molecule has 0 spiro atoms. The Labute approximate surface area is 549 Å². The average Bonchev–Trinajstić information content (AvgIpc) is 0.710. The molecular weight excluding hydrogens is 1320 g/mol. The van der Waals surface area contributed by atoms with Gasteiger partial charge in [0, 0.05) is 75.2 Å². The number of esters is 3. The molecular formula is C66H50O33. The van der Waals surface area contributed by atoms with Crippen LogP contribution in [0.1, 0.15) is 106 Å². The van der Waals surface area contributed by atoms with Crippen molar-refractivity contribution in [1.82, 2.24) is 0 Å². The second kappa shape index (κ2) is 23.8. The van der Waals surface area contributed by atoms with Gasteiger partial charge in [0.15, 0.2) is 134 Å². The minimum atomic E-state index is -2.46. The van der Waals surface area contributed by atoms with Gasteiger partial charge in [0.05, 0.1) is 28.5 Å². The number of carbonyl (C=O) groups is 3. The first-order valence-electron chi connectivity index (χ1n) is 28.6. The van der Waals surface area contributed by atoms with Crippen molar-refractivity contribution in [2.24, 2.45) is 0 Å². The van der Waals surface area contributed by atoms with Crippen molar-refractivity contribution < 1.29 is 165 Å². The van der Waals surface area contributed by atoms with Gasteiger partial charge in [-0.2, -0.15) is 0 Å². The molecule has 0 aliphatic carbocycles. The number of fused-ring (bicyclic) bond motifs is 3. The van der Waals surface area contributed by atoms with Crippen molar-refractivity contribution in [3.8, 4) is 155 Å². The smallest absolute Gasteiger partial charge is 0.338 e. The largest absolute Gasteiger partial charge is 0.508 e. The molecule has 0 unspecified atom stereocenters. The predicted octanol–water partition coefficient (Wildman–Crippen LogP) is 6.51. The maximum Gasteiger partial charge on any atom is 0.338 e. The van der Waals surface area contributed by atoms with E-state index in [1.807, 2.05) is 0 Å². The first kappa shape index (κ1) is 65.1. The van der Waals surface area contributed by atoms with Gasteiger partial charge in [-0.25, -0.2) is 14.4 Å². The Hall–Kier alpha value is -14.0. The fraction of sp³-hybridized carbons (Fsp3) is 0.136. The van der Waals surface area contributed by atoms with Gasteiger partial charge in [0.1, 0.15) is 57.8 Å². The van der Waals surface area contributed by atoms with Gasteiger partial charge in [-0.3, -0.25) is 0 Å². The van der Waals surface area contributed by atoms with E-state index in [0.29, 0.717) is 66.7 Å². The van der Waals surface area contributed by atoms with E-state index >= 15 is 0 Å². The monoisotopic (exact) mass is 1370 g/mol. The number of aromatic hydroxyl groups is 24. The van der Waals surface area contributed by atoms with E-state index in [1.165, 1.54) is 0 Å². The Bertz CT molecular complexity index is 4790. The quantitative estimate of drug-likeness (QED) is 0.0373. The van der Waals surface area contributed by atoms with Crippen LogP contribution in [0.5, 0.6) is 155 Å². The first-order chi connectivity index (χ1) is 46.7. The van der Waals surface area contributed by atoms with E-state index in [-0.39, 0.29) is 0 Å². The molecule has 0 aromatic heterocycles. The molecule has 0 amide bonds. The van der Waals surface area contributed by atoms with Crippen molar-refractivity contribution in [1.29, 1.82) is 0 Å². The summed E-state index contributed by atoms with van der Waals surface area (Å²) in [5.41, 5.74) is -7.52. The number of benzene rings is 9. The molecule has 0 saturated carbocycles. The summed E-state index contributed by atoms with van der Waals surface area (Å²) >= 11 is 0. The maximum absolute atomic E-state index is 15.0. The van der Waals surface area contributed by atoms with E-state index in [4.69, 9.17) is 28.4 Å². The maximum atomic E-state index is 15.0. The van der Waals surface area contributed by atoms with Gasteiger partial charge < -0.3 is 151 Å². The SMILES string of the molecule is O=C(O[C@@H]1[C@H](c2c(O)cc(O)c3c2O[C@H](c2cc(O)c(O)c(O)c2)[C@H](OC(=O)c2cc(O)c(O)c(O)c2)C3)c2c(O)cc(O)c([C@@H]3c4c(O)cc(O)cc4O[C@H](c4cc(O)c(O)c(O)c4)[C@@H]3OC(=O)c3cc(O)c(O)c(O)c3)c2O[C@@H]1c1cc(O)c(O)c(O)c1)c1cc(O)c(O)c(O)c1. The van der Waals surface area contributed by atoms with Gasteiger partial charge >= 0.3 is 17.9 Å². The first-order valence-corrected chi connectivity index (χ1v) is 28.6. The molecule has 9 aromatic rings. The highest BCUT2D eigenvalue weighted by Gasteiger charge is 2.54. The molecule has 0 saturated heterocycles. The van der Waals surface area contributed by atoms with Crippen molar-refractivity contribution >= 4 is 17.9 Å². The van der Waals surface area contributed by atoms with Crippen LogP contribution in [0.3, 0.4) is 0 Å². The molecule has 3 aliphatic rings. The van der Waals surface area contributed by atoms with Gasteiger partial charge in [0.25, 0.3) is 0 Å². The number of hydrogen-bond donors (Lipinski definition) is 24. The molecule has 12 rings (SSSR count). The van der Waals surface area contributed by atoms with Crippen LogP contribution in [0, 0.1) is 0 Å². The van der Waals surface area contributed by atoms with Crippen LogP contribution in [0.2, 0.25) is 0 Å². The summed E-state index contributed by atoms with van der Waals surface area (Å²) in [4.78, 5) is 43.8. The van der Waals surface area contributed by atoms with E-state index in [9.17, 15) is 137 Å². The molecule has 0 fully saturated rings. The van der Waals surface area contributed by atoms with Crippen molar-refractivity contribution in [3.05, 3.63) is 158 Å². The van der Waals surface area contributed by atoms with E-state index in [1.54, 1.807) is 0 Å². The Morgan fingerprint density at radius 2 is 0.586 bits per heavy atom. The second-order valence-corrected chi connectivity index (χ2v) is 22.9. The minimum absolute atomic E-state index is 0.436. The molecule has 0 bridgehead atoms. The predicted molar refractivity (Wildman–Crippen MR) is 323 cm³/mol. The van der Waals surface area contributed by atoms with Crippen LogP contribution in [-0.4, -0.2) is 159 Å². The molecule has 33 nitrogen and oxygen atoms in total. The number of phenols is 24. The van der Waals surface area contributed by atoms with Gasteiger partial charge in [-0.1, -0.05) is 0 Å². The van der Waals surface area contributed by atoms with Gasteiger partial charge in [-0.15, -0.1) is 0 Å². The highest BCUT2D eigenvalue weighted by Crippen LogP contribution is 2.64. The third-order valence-corrected chi connectivity index (χ3v) is 16.7. The summed E-state index contributed by atoms with van der Waals surface area (Å²) in [6, 6.07) is 10.8. The fourth-order valence-corrected chi connectivity index (χ4v) is 12.2. The molecule has 8 atom stereocenters. The van der Waals surface area contributed by atoms with Crippen molar-refractivity contribution in [3.63, 3.8) is 0 Å². The van der Waals surface area contributed by atoms with E-state index in [2.05, 4.69) is 0 Å². The highest BCUT2D eigenvalue weighted by atomic mass is 16.6. The second-order valence-electron chi connectivity index (χ2n) is 22.9. The third kappa shape index (κ3) is 11.1. The Balaban J connectivity index is 1.18. The molecule has 9 aromatic carbocycles. The lowest BCUT2D eigenvalue weighted by Crippen LogP contribution is -2.42. The topological polar surface area (TPSA) is 592 Å². The average molecular weight is 1370 g/mol. The summed E-state index contributed by atoms with van der Waals surface area (Å²) in [7, 11) is 0. The molecule has 512 valence electrons. The van der Waals surface area contributed by atoms with Crippen molar-refractivity contribution in [2.75, 3.05) is 0 Å². The normalized spacial score (nSPS) is 19.0. The lowest BCUT2D eigenvalue weighted by atomic mass is 9.73. The third-order valence-electron chi connectivity index (χ3n) is 16.7. The molecule has 3 heterocycles. The number of phenolic OH excluding ortho intramolecular Hbond substituents is 24. The van der Waals surface area contributed by atoms with Crippen LogP contribution in [-0.2, 0) is 20.6 Å². The highest BCUT2D eigenvalue weighted by molar-refractivity contribution is 5.93. The molecule has 33 heteroatoms. The Kier molecular flexibility index (Phi) is 15.6. The van der Waals surface area contributed by atoms with E-state index in [0.717, 1.165) is 30.3 Å². The lowest BCUT2D eigenvalue weighted by molar-refractivity contribution is -0.0346. The summed E-state index contributed by atoms with van der Waals surface area (Å²) in [5, 5.41) is 266. The zero-order chi connectivity index (χ0) is 71.6. The lowest BCUT2D eigenvalue weighted by Gasteiger charge is -2.44. The van der Waals surface area contributed by atoms with Crippen LogP contribution >= 0.6 is 0 Å². The van der Waals surface area contributed by atoms with Gasteiger partial charge in [0.2, 0.25) is 0 Å². The van der Waals surface area contributed by atoms with Crippen LogP contribution < -0.4 is 14.2 Å². The van der Waals surface area contributed by atoms with Gasteiger partial charge in [-0.05, 0) is 72.8 Å². The molecule has 0 radical (unpaired) electrons. The fourth-order valence-electron chi connectivity index (χ4n) is 12.2. The summed E-state index contributed by atoms with van der Waals surface area (Å²) in [6.45, 7) is 0. The molecule has 99 heavy (non-hydrogen) atoms. The molecule has 24 N–H and O–H groups in total. The number of rotatable bonds is 11. The summed E-state index contributed by atoms with van der Waals surface area (Å²) in [6.07, 6.45) is -14.0. The zero-order valence-electron chi connectivity index (χ0n) is 49.5. The summed E-state index contributed by atoms with van der Waals surface area (Å²) < 4.78 is 37.9. The number of ether oxygens (including phenoxy) is 6. The van der Waals surface area contributed by atoms with Crippen LogP contribution in [0.15, 0.2) is 97.1 Å². The van der Waals surface area contributed by atoms with Crippen LogP contribution in [0.4, 0.5) is 0 Å². The number of carbonyl (C=O) groups excluding carboxylic acids is 3. The standard InChI is InChI=1S/C66H50O33/c67-24-13-27(69)45-43(14-24)94-58(19-3-33(75)52(86)34(76)4-19)62(98-65(92)22-9-39(81)55(89)40(82)10-22)49(45)47-29(71)17-30(72)48-50(63(99-66(93)23-11-41(83)56(90)42(84)12-23)59(97-61(47)48)20-5-35(77)53(87)36(78)6-20)46-28(70)16-26(68)25-15-44(95-64(91)21-7-37(79)54(88)38(80)8-21)57(96-60(25)46)18-1-31(73)51(85)32(74)2-18/h1-14,16-17,44,49-50,57-59,62-63,67-90H,15H2/t44-,49+,50-,57-,58-,59-,62-,63-/m1/s1. The summed E-state index contributed by atoms with van der Waals surface area (Å²) in [5.74, 6) is -38.0. The molecule has 3 aliphatic heterocycles. The zero-order valence-corrected chi connectivity index (χ0v) is 49.5. The van der Waals surface area contributed by atoms with Crippen molar-refractivity contribution in [2.45, 2.75) is 54.9 Å². The van der Waals surface area contributed by atoms with E-state index < -0.39 is 289 Å². The Morgan fingerprint density at radius 3 is 0.970 bits per heavy atom. The minimum Gasteiger partial charge on any atom is -0.508 e. The van der Waals surface area contributed by atoms with Crippen LogP contribution in [0.25, 0.3) is 0 Å².